The molecule has 3 aromatic rings. The zero-order chi connectivity index (χ0) is 25.0. The van der Waals surface area contributed by atoms with Gasteiger partial charge in [-0.05, 0) is 67.9 Å². The zero-order valence-electron chi connectivity index (χ0n) is 21.0. The lowest BCUT2D eigenvalue weighted by Gasteiger charge is -2.22. The maximum atomic E-state index is 13.4. The summed E-state index contributed by atoms with van der Waals surface area (Å²) in [6, 6.07) is 18.3. The predicted octanol–water partition coefficient (Wildman–Crippen LogP) is 5.77. The van der Waals surface area contributed by atoms with E-state index in [4.69, 9.17) is 9.72 Å². The molecule has 0 aliphatic heterocycles. The number of nitrogens with zero attached hydrogens (tertiary/aromatic N) is 2. The highest BCUT2D eigenvalue weighted by atomic mass is 19.1. The van der Waals surface area contributed by atoms with Crippen LogP contribution >= 0.6 is 0 Å². The van der Waals surface area contributed by atoms with Gasteiger partial charge in [0.25, 0.3) is 0 Å². The van der Waals surface area contributed by atoms with Crippen LogP contribution in [-0.2, 0) is 24.3 Å². The van der Waals surface area contributed by atoms with Crippen molar-refractivity contribution in [1.82, 2.24) is 15.2 Å². The highest BCUT2D eigenvalue weighted by molar-refractivity contribution is 5.78. The van der Waals surface area contributed by atoms with Gasteiger partial charge in [-0.2, -0.15) is 0 Å². The first-order valence-corrected chi connectivity index (χ1v) is 12.5. The van der Waals surface area contributed by atoms with Crippen LogP contribution in [0.3, 0.4) is 0 Å². The Labute approximate surface area is 208 Å². The first-order chi connectivity index (χ1) is 17.0. The first-order valence-electron chi connectivity index (χ1n) is 12.5. The fraction of sp³-hybridized carbons (Fsp3) is 0.379. The van der Waals surface area contributed by atoms with Crippen molar-refractivity contribution in [3.05, 3.63) is 83.4 Å². The Hall–Kier alpha value is -3.25. The largest absolute Gasteiger partial charge is 0.494 e. The predicted molar refractivity (Wildman–Crippen MR) is 139 cm³/mol. The van der Waals surface area contributed by atoms with E-state index in [2.05, 4.69) is 42.3 Å². The van der Waals surface area contributed by atoms with Crippen LogP contribution < -0.4 is 10.1 Å². The average Bonchev–Trinajstić information content (AvgIpc) is 2.86. The second kappa shape index (κ2) is 13.6. The fourth-order valence-electron chi connectivity index (χ4n) is 3.94. The summed E-state index contributed by atoms with van der Waals surface area (Å²) in [6.45, 7) is 9.91. The molecule has 1 heterocycles. The Morgan fingerprint density at radius 1 is 1.06 bits per heavy atom. The van der Waals surface area contributed by atoms with E-state index >= 15 is 0 Å². The molecular formula is C29H36FN3O2. The van der Waals surface area contributed by atoms with Gasteiger partial charge in [-0.3, -0.25) is 14.7 Å². The van der Waals surface area contributed by atoms with Crippen LogP contribution in [0, 0.1) is 5.82 Å². The van der Waals surface area contributed by atoms with E-state index < -0.39 is 0 Å². The summed E-state index contributed by atoms with van der Waals surface area (Å²) >= 11 is 0. The Bertz CT molecular complexity index is 1090. The minimum Gasteiger partial charge on any atom is -0.494 e. The number of carbonyl (C=O) groups is 1. The van der Waals surface area contributed by atoms with E-state index in [1.165, 1.54) is 12.1 Å². The second-order valence-corrected chi connectivity index (χ2v) is 8.56. The molecule has 186 valence electrons. The molecule has 0 spiro atoms. The maximum Gasteiger partial charge on any atom is 0.226 e. The van der Waals surface area contributed by atoms with E-state index in [9.17, 15) is 9.18 Å². The molecule has 0 radical (unpaired) electrons. The number of hydrogen-bond acceptors (Lipinski definition) is 4. The smallest absolute Gasteiger partial charge is 0.226 e. The lowest BCUT2D eigenvalue weighted by Crippen LogP contribution is -2.26. The van der Waals surface area contributed by atoms with E-state index in [0.717, 1.165) is 66.3 Å². The summed E-state index contributed by atoms with van der Waals surface area (Å²) in [5.41, 5.74) is 4.55. The summed E-state index contributed by atoms with van der Waals surface area (Å²) in [5, 5.41) is 2.87. The minimum atomic E-state index is -0.309. The number of hydrogen-bond donors (Lipinski definition) is 1. The van der Waals surface area contributed by atoms with Crippen LogP contribution in [0.25, 0.3) is 11.1 Å². The van der Waals surface area contributed by atoms with Crippen LogP contribution in [0.5, 0.6) is 5.75 Å². The number of halogens is 1. The molecule has 0 aliphatic carbocycles. The molecule has 35 heavy (non-hydrogen) atoms. The quantitative estimate of drug-likeness (QED) is 0.340. The molecule has 0 saturated carbocycles. The van der Waals surface area contributed by atoms with Crippen molar-refractivity contribution in [3.8, 4) is 16.9 Å². The molecule has 0 bridgehead atoms. The third-order valence-electron chi connectivity index (χ3n) is 5.88. The number of carbonyl (C=O) groups excluding carboxylic acids is 1. The highest BCUT2D eigenvalue weighted by Gasteiger charge is 2.14. The molecular weight excluding hydrogens is 441 g/mol. The van der Waals surface area contributed by atoms with Crippen molar-refractivity contribution in [2.75, 3.05) is 19.7 Å². The monoisotopic (exact) mass is 477 g/mol. The van der Waals surface area contributed by atoms with Crippen molar-refractivity contribution < 1.29 is 13.9 Å². The maximum absolute atomic E-state index is 13.4. The van der Waals surface area contributed by atoms with Crippen molar-refractivity contribution in [2.24, 2.45) is 0 Å². The lowest BCUT2D eigenvalue weighted by molar-refractivity contribution is -0.120. The molecule has 5 nitrogen and oxygen atoms in total. The van der Waals surface area contributed by atoms with Crippen molar-refractivity contribution in [1.29, 1.82) is 0 Å². The standard InChI is InChI=1S/C29H36FN3O2/c1-4-7-17-33(5-2)21-28-27(23-11-14-26(15-12-23)35-6-3)16-13-25(32-28)19-29(34)31-20-22-9-8-10-24(30)18-22/h8-16,18H,4-7,17,19-21H2,1-3H3,(H,31,34). The number of unbranched alkanes of at least 4 members (excludes halogenated alkanes) is 1. The number of pyridine rings is 1. The molecule has 0 saturated heterocycles. The van der Waals surface area contributed by atoms with Gasteiger partial charge in [-0.1, -0.05) is 50.6 Å². The number of rotatable bonds is 13. The van der Waals surface area contributed by atoms with E-state index in [1.54, 1.807) is 12.1 Å². The Morgan fingerprint density at radius 2 is 1.86 bits per heavy atom. The van der Waals surface area contributed by atoms with Gasteiger partial charge in [0.1, 0.15) is 11.6 Å². The van der Waals surface area contributed by atoms with Crippen molar-refractivity contribution in [3.63, 3.8) is 0 Å². The lowest BCUT2D eigenvalue weighted by atomic mass is 10.0. The Morgan fingerprint density at radius 3 is 2.54 bits per heavy atom. The normalized spacial score (nSPS) is 11.0. The van der Waals surface area contributed by atoms with Crippen molar-refractivity contribution >= 4 is 5.91 Å². The third kappa shape index (κ3) is 8.18. The molecule has 2 aromatic carbocycles. The van der Waals surface area contributed by atoms with Gasteiger partial charge in [0.05, 0.1) is 24.4 Å². The molecule has 0 atom stereocenters. The summed E-state index contributed by atoms with van der Waals surface area (Å²) in [5.74, 6) is 0.395. The van der Waals surface area contributed by atoms with Gasteiger partial charge in [-0.25, -0.2) is 4.39 Å². The summed E-state index contributed by atoms with van der Waals surface area (Å²) in [4.78, 5) is 19.9. The van der Waals surface area contributed by atoms with Gasteiger partial charge in [0.2, 0.25) is 5.91 Å². The summed E-state index contributed by atoms with van der Waals surface area (Å²) in [7, 11) is 0. The van der Waals surface area contributed by atoms with Crippen molar-refractivity contribution in [2.45, 2.75) is 53.1 Å². The topological polar surface area (TPSA) is 54.5 Å². The zero-order valence-corrected chi connectivity index (χ0v) is 21.0. The van der Waals surface area contributed by atoms with Gasteiger partial charge in [-0.15, -0.1) is 0 Å². The van der Waals surface area contributed by atoms with E-state index in [-0.39, 0.29) is 24.7 Å². The Kier molecular flexibility index (Phi) is 10.2. The number of ether oxygens (including phenoxy) is 1. The SMILES string of the molecule is CCCCN(CC)Cc1nc(CC(=O)NCc2cccc(F)c2)ccc1-c1ccc(OCC)cc1. The molecule has 0 aliphatic rings. The van der Waals surface area contributed by atoms with Crippen LogP contribution in [0.4, 0.5) is 4.39 Å². The van der Waals surface area contributed by atoms with E-state index in [1.807, 2.05) is 25.1 Å². The fourth-order valence-corrected chi connectivity index (χ4v) is 3.94. The molecule has 6 heteroatoms. The van der Waals surface area contributed by atoms with Crippen LogP contribution in [0.2, 0.25) is 0 Å². The molecule has 1 aromatic heterocycles. The second-order valence-electron chi connectivity index (χ2n) is 8.56. The number of benzene rings is 2. The molecule has 0 unspecified atom stereocenters. The van der Waals surface area contributed by atoms with Crippen LogP contribution in [0.15, 0.2) is 60.7 Å². The summed E-state index contributed by atoms with van der Waals surface area (Å²) in [6.07, 6.45) is 2.45. The number of aromatic nitrogens is 1. The van der Waals surface area contributed by atoms with Gasteiger partial charge >= 0.3 is 0 Å². The van der Waals surface area contributed by atoms with Gasteiger partial charge in [0, 0.05) is 18.7 Å². The average molecular weight is 478 g/mol. The Balaban J connectivity index is 1.78. The van der Waals surface area contributed by atoms with E-state index in [0.29, 0.717) is 6.61 Å². The first kappa shape index (κ1) is 26.4. The van der Waals surface area contributed by atoms with Gasteiger partial charge in [0.15, 0.2) is 0 Å². The third-order valence-corrected chi connectivity index (χ3v) is 5.88. The minimum absolute atomic E-state index is 0.139. The number of amides is 1. The molecule has 0 fully saturated rings. The highest BCUT2D eigenvalue weighted by Crippen LogP contribution is 2.26. The number of nitrogens with one attached hydrogen (secondary N) is 1. The molecule has 3 rings (SSSR count). The molecule has 1 amide bonds. The molecule has 1 N–H and O–H groups in total. The van der Waals surface area contributed by atoms with Crippen LogP contribution in [0.1, 0.15) is 50.6 Å². The summed E-state index contributed by atoms with van der Waals surface area (Å²) < 4.78 is 19.0. The van der Waals surface area contributed by atoms with Gasteiger partial charge < -0.3 is 10.1 Å². The van der Waals surface area contributed by atoms with Crippen LogP contribution in [-0.4, -0.2) is 35.5 Å².